The lowest BCUT2D eigenvalue weighted by atomic mass is 10.1. The first-order chi connectivity index (χ1) is 12.9. The van der Waals surface area contributed by atoms with Crippen LogP contribution in [0.1, 0.15) is 62.8 Å². The van der Waals surface area contributed by atoms with E-state index in [1.165, 1.54) is 74.3 Å². The van der Waals surface area contributed by atoms with Gasteiger partial charge in [0.1, 0.15) is 0 Å². The summed E-state index contributed by atoms with van der Waals surface area (Å²) >= 11 is 4.03. The van der Waals surface area contributed by atoms with Crippen LogP contribution in [-0.4, -0.2) is 21.5 Å². The van der Waals surface area contributed by atoms with Gasteiger partial charge in [0.15, 0.2) is 0 Å². The molecule has 0 fully saturated rings. The van der Waals surface area contributed by atoms with Gasteiger partial charge in [-0.1, -0.05) is 50.7 Å². The van der Waals surface area contributed by atoms with Crippen molar-refractivity contribution in [2.24, 2.45) is 0 Å². The van der Waals surface area contributed by atoms with E-state index in [0.717, 1.165) is 11.5 Å². The third-order valence-electron chi connectivity index (χ3n) is 4.28. The van der Waals surface area contributed by atoms with Gasteiger partial charge in [-0.25, -0.2) is 0 Å². The molecule has 0 atom stereocenters. The molecule has 2 nitrogen and oxygen atoms in total. The Bertz CT molecular complexity index is 497. The van der Waals surface area contributed by atoms with Gasteiger partial charge in [0, 0.05) is 23.9 Å². The van der Waals surface area contributed by atoms with E-state index < -0.39 is 0 Å². The van der Waals surface area contributed by atoms with Gasteiger partial charge in [-0.2, -0.15) is 23.5 Å². The standard InChI is InChI=1S/C22H32N2S2/c1(3-5-11-17-25-19-21-13-7-9-15-23-21)2-4-6-12-18-26-20-22-14-8-10-16-24-22/h7-10,13-16H,1-6,11-12,17-20H2. The molecular formula is C22H32N2S2. The highest BCUT2D eigenvalue weighted by Gasteiger charge is 1.97. The predicted molar refractivity (Wildman–Crippen MR) is 118 cm³/mol. The second kappa shape index (κ2) is 15.1. The maximum atomic E-state index is 4.36. The third-order valence-corrected chi connectivity index (χ3v) is 6.43. The highest BCUT2D eigenvalue weighted by atomic mass is 32.2. The number of unbranched alkanes of at least 4 members (excludes halogenated alkanes) is 7. The zero-order chi connectivity index (χ0) is 18.1. The molecule has 0 N–H and O–H groups in total. The lowest BCUT2D eigenvalue weighted by Crippen LogP contribution is -1.88. The minimum Gasteiger partial charge on any atom is -0.260 e. The molecule has 0 radical (unpaired) electrons. The van der Waals surface area contributed by atoms with Crippen LogP contribution in [-0.2, 0) is 11.5 Å². The van der Waals surface area contributed by atoms with Crippen LogP contribution in [0.5, 0.6) is 0 Å². The first-order valence-electron chi connectivity index (χ1n) is 9.90. The first kappa shape index (κ1) is 21.3. The summed E-state index contributed by atoms with van der Waals surface area (Å²) in [7, 11) is 0. The molecule has 2 rings (SSSR count). The van der Waals surface area contributed by atoms with Crippen molar-refractivity contribution in [3.05, 3.63) is 60.2 Å². The van der Waals surface area contributed by atoms with Gasteiger partial charge in [-0.3, -0.25) is 9.97 Å². The van der Waals surface area contributed by atoms with Crippen molar-refractivity contribution in [3.63, 3.8) is 0 Å². The first-order valence-corrected chi connectivity index (χ1v) is 12.2. The topological polar surface area (TPSA) is 25.8 Å². The Morgan fingerprint density at radius 1 is 0.538 bits per heavy atom. The number of hydrogen-bond donors (Lipinski definition) is 0. The molecular weight excluding hydrogens is 356 g/mol. The van der Waals surface area contributed by atoms with Crippen molar-refractivity contribution in [2.45, 2.75) is 62.9 Å². The Balaban J connectivity index is 1.28. The highest BCUT2D eigenvalue weighted by Crippen LogP contribution is 2.16. The van der Waals surface area contributed by atoms with E-state index in [4.69, 9.17) is 0 Å². The van der Waals surface area contributed by atoms with Crippen LogP contribution >= 0.6 is 23.5 Å². The zero-order valence-corrected chi connectivity index (χ0v) is 17.4. The summed E-state index contributed by atoms with van der Waals surface area (Å²) in [5.41, 5.74) is 2.41. The van der Waals surface area contributed by atoms with Crippen LogP contribution < -0.4 is 0 Å². The van der Waals surface area contributed by atoms with Gasteiger partial charge in [-0.15, -0.1) is 0 Å². The normalized spacial score (nSPS) is 10.9. The van der Waals surface area contributed by atoms with Crippen LogP contribution in [0.4, 0.5) is 0 Å². The molecule has 0 aliphatic carbocycles. The van der Waals surface area contributed by atoms with E-state index in [-0.39, 0.29) is 0 Å². The molecule has 0 saturated heterocycles. The average Bonchev–Trinajstić information content (AvgIpc) is 2.70. The summed E-state index contributed by atoms with van der Waals surface area (Å²) in [6.45, 7) is 0. The number of pyridine rings is 2. The lowest BCUT2D eigenvalue weighted by Gasteiger charge is -2.04. The van der Waals surface area contributed by atoms with Crippen molar-refractivity contribution >= 4 is 23.5 Å². The SMILES string of the molecule is c1ccc(CSCCCCCCCCCCSCc2ccccn2)nc1. The van der Waals surface area contributed by atoms with E-state index in [2.05, 4.69) is 34.2 Å². The van der Waals surface area contributed by atoms with Crippen molar-refractivity contribution in [3.8, 4) is 0 Å². The Hall–Kier alpha value is -1.00. The molecule has 2 aromatic heterocycles. The summed E-state index contributed by atoms with van der Waals surface area (Å²) in [6, 6.07) is 12.3. The van der Waals surface area contributed by atoms with Gasteiger partial charge < -0.3 is 0 Å². The number of thioether (sulfide) groups is 2. The van der Waals surface area contributed by atoms with Crippen LogP contribution in [0, 0.1) is 0 Å². The van der Waals surface area contributed by atoms with Crippen molar-refractivity contribution in [2.75, 3.05) is 11.5 Å². The monoisotopic (exact) mass is 388 g/mol. The maximum Gasteiger partial charge on any atom is 0.0502 e. The minimum absolute atomic E-state index is 1.05. The quantitative estimate of drug-likeness (QED) is 0.315. The molecule has 0 unspecified atom stereocenters. The number of rotatable bonds is 15. The molecule has 26 heavy (non-hydrogen) atoms. The Morgan fingerprint density at radius 3 is 1.35 bits per heavy atom. The van der Waals surface area contributed by atoms with Gasteiger partial charge in [0.05, 0.1) is 11.4 Å². The van der Waals surface area contributed by atoms with E-state index in [9.17, 15) is 0 Å². The summed E-state index contributed by atoms with van der Waals surface area (Å²) in [5, 5.41) is 0. The number of nitrogens with zero attached hydrogens (tertiary/aromatic N) is 2. The number of hydrogen-bond acceptors (Lipinski definition) is 4. The molecule has 4 heteroatoms. The minimum atomic E-state index is 1.05. The van der Waals surface area contributed by atoms with E-state index in [1.807, 2.05) is 48.1 Å². The second-order valence-corrected chi connectivity index (χ2v) is 8.79. The number of aromatic nitrogens is 2. The van der Waals surface area contributed by atoms with Gasteiger partial charge in [0.2, 0.25) is 0 Å². The highest BCUT2D eigenvalue weighted by molar-refractivity contribution is 7.98. The van der Waals surface area contributed by atoms with Gasteiger partial charge >= 0.3 is 0 Å². The Morgan fingerprint density at radius 2 is 0.962 bits per heavy atom. The molecule has 2 heterocycles. The van der Waals surface area contributed by atoms with Crippen LogP contribution in [0.3, 0.4) is 0 Å². The molecule has 142 valence electrons. The molecule has 0 amide bonds. The van der Waals surface area contributed by atoms with E-state index in [1.54, 1.807) is 0 Å². The van der Waals surface area contributed by atoms with Crippen molar-refractivity contribution in [1.29, 1.82) is 0 Å². The molecule has 0 spiro atoms. The largest absolute Gasteiger partial charge is 0.260 e. The summed E-state index contributed by atoms with van der Waals surface area (Å²) < 4.78 is 0. The fraction of sp³-hybridized carbons (Fsp3) is 0.545. The molecule has 2 aromatic rings. The third kappa shape index (κ3) is 10.9. The fourth-order valence-corrected chi connectivity index (χ4v) is 4.65. The van der Waals surface area contributed by atoms with Crippen molar-refractivity contribution in [1.82, 2.24) is 9.97 Å². The smallest absolute Gasteiger partial charge is 0.0502 e. The van der Waals surface area contributed by atoms with Crippen LogP contribution in [0.2, 0.25) is 0 Å². The summed E-state index contributed by atoms with van der Waals surface area (Å²) in [4.78, 5) is 8.73. The van der Waals surface area contributed by atoms with Crippen LogP contribution in [0.15, 0.2) is 48.8 Å². The molecule has 0 aliphatic heterocycles. The molecule has 0 saturated carbocycles. The molecule has 0 bridgehead atoms. The van der Waals surface area contributed by atoms with Gasteiger partial charge in [-0.05, 0) is 48.6 Å². The second-order valence-electron chi connectivity index (χ2n) is 6.58. The summed E-state index contributed by atoms with van der Waals surface area (Å²) in [5.74, 6) is 4.65. The van der Waals surface area contributed by atoms with E-state index >= 15 is 0 Å². The fourth-order valence-electron chi connectivity index (χ4n) is 2.79. The van der Waals surface area contributed by atoms with Gasteiger partial charge in [0.25, 0.3) is 0 Å². The predicted octanol–water partition coefficient (Wildman–Crippen LogP) is 6.76. The molecule has 0 aromatic carbocycles. The van der Waals surface area contributed by atoms with Crippen molar-refractivity contribution < 1.29 is 0 Å². The van der Waals surface area contributed by atoms with Crippen LogP contribution in [0.25, 0.3) is 0 Å². The maximum absolute atomic E-state index is 4.36. The lowest BCUT2D eigenvalue weighted by molar-refractivity contribution is 0.587. The Kier molecular flexibility index (Phi) is 12.4. The van der Waals surface area contributed by atoms with E-state index in [0.29, 0.717) is 0 Å². The zero-order valence-electron chi connectivity index (χ0n) is 15.8. The Labute approximate surface area is 168 Å². The molecule has 0 aliphatic rings. The average molecular weight is 389 g/mol. The summed E-state index contributed by atoms with van der Waals surface area (Å²) in [6.07, 6.45) is 14.9.